The molecule has 0 bridgehead atoms. The second kappa shape index (κ2) is 4.87. The SMILES string of the molecule is CC1(C)CCCN1c1nc(C(F)(F)F)ccc1C(N)=S. The smallest absolute Gasteiger partial charge is 0.389 e. The Labute approximate surface area is 121 Å². The molecule has 1 fully saturated rings. The largest absolute Gasteiger partial charge is 0.433 e. The minimum atomic E-state index is -4.48. The zero-order valence-electron chi connectivity index (χ0n) is 11.3. The van der Waals surface area contributed by atoms with Crippen molar-refractivity contribution in [3.8, 4) is 0 Å². The summed E-state index contributed by atoms with van der Waals surface area (Å²) in [6, 6.07) is 2.23. The average molecular weight is 303 g/mol. The first kappa shape index (κ1) is 15.0. The molecule has 2 heterocycles. The number of anilines is 1. The molecular weight excluding hydrogens is 287 g/mol. The van der Waals surface area contributed by atoms with Crippen LogP contribution in [-0.4, -0.2) is 22.1 Å². The van der Waals surface area contributed by atoms with Gasteiger partial charge in [-0.05, 0) is 38.8 Å². The standard InChI is InChI=1S/C13H16F3N3S/c1-12(2)6-3-7-19(12)11-8(10(17)20)4-5-9(18-11)13(14,15)16/h4-5H,3,6-7H2,1-2H3,(H2,17,20). The molecule has 0 radical (unpaired) electrons. The van der Waals surface area contributed by atoms with Crippen molar-refractivity contribution < 1.29 is 13.2 Å². The van der Waals surface area contributed by atoms with E-state index in [2.05, 4.69) is 4.98 Å². The highest BCUT2D eigenvalue weighted by Gasteiger charge is 2.38. The Morgan fingerprint density at radius 2 is 2.05 bits per heavy atom. The predicted molar refractivity (Wildman–Crippen MR) is 75.8 cm³/mol. The van der Waals surface area contributed by atoms with Gasteiger partial charge in [0.2, 0.25) is 0 Å². The maximum atomic E-state index is 12.8. The third-order valence-corrected chi connectivity index (χ3v) is 3.81. The Hall–Kier alpha value is -1.37. The van der Waals surface area contributed by atoms with Gasteiger partial charge in [0, 0.05) is 12.1 Å². The van der Waals surface area contributed by atoms with Gasteiger partial charge in [0.15, 0.2) is 0 Å². The number of nitrogens with zero attached hydrogens (tertiary/aromatic N) is 2. The topological polar surface area (TPSA) is 42.2 Å². The Bertz CT molecular complexity index is 540. The van der Waals surface area contributed by atoms with E-state index < -0.39 is 11.9 Å². The molecule has 1 aromatic heterocycles. The van der Waals surface area contributed by atoms with Crippen molar-refractivity contribution in [3.63, 3.8) is 0 Å². The summed E-state index contributed by atoms with van der Waals surface area (Å²) in [5.41, 5.74) is 4.83. The molecule has 0 saturated carbocycles. The lowest BCUT2D eigenvalue weighted by atomic mass is 10.0. The first-order chi connectivity index (χ1) is 9.13. The average Bonchev–Trinajstić information content (AvgIpc) is 2.66. The molecule has 0 atom stereocenters. The first-order valence-electron chi connectivity index (χ1n) is 6.28. The van der Waals surface area contributed by atoms with E-state index in [0.29, 0.717) is 12.1 Å². The molecule has 1 aromatic rings. The van der Waals surface area contributed by atoms with Crippen LogP contribution in [0.1, 0.15) is 37.9 Å². The van der Waals surface area contributed by atoms with Gasteiger partial charge in [0.05, 0.1) is 5.56 Å². The third-order valence-electron chi connectivity index (χ3n) is 3.59. The van der Waals surface area contributed by atoms with Gasteiger partial charge in [-0.1, -0.05) is 12.2 Å². The number of halogens is 3. The third kappa shape index (κ3) is 2.72. The molecule has 0 unspecified atom stereocenters. The van der Waals surface area contributed by atoms with Gasteiger partial charge in [0.25, 0.3) is 0 Å². The first-order valence-corrected chi connectivity index (χ1v) is 6.69. The van der Waals surface area contributed by atoms with E-state index in [9.17, 15) is 13.2 Å². The van der Waals surface area contributed by atoms with E-state index in [1.54, 1.807) is 0 Å². The van der Waals surface area contributed by atoms with Crippen LogP contribution in [0.2, 0.25) is 0 Å². The Morgan fingerprint density at radius 3 is 2.50 bits per heavy atom. The Kier molecular flexibility index (Phi) is 3.66. The molecule has 3 nitrogen and oxygen atoms in total. The molecule has 2 N–H and O–H groups in total. The summed E-state index contributed by atoms with van der Waals surface area (Å²) >= 11 is 4.93. The van der Waals surface area contributed by atoms with Crippen molar-refractivity contribution in [3.05, 3.63) is 23.4 Å². The van der Waals surface area contributed by atoms with Crippen molar-refractivity contribution in [1.82, 2.24) is 4.98 Å². The minimum Gasteiger partial charge on any atom is -0.389 e. The summed E-state index contributed by atoms with van der Waals surface area (Å²) in [7, 11) is 0. The lowest BCUT2D eigenvalue weighted by Gasteiger charge is -2.34. The van der Waals surface area contributed by atoms with Gasteiger partial charge < -0.3 is 10.6 Å². The molecule has 1 saturated heterocycles. The molecule has 1 aliphatic heterocycles. The number of nitrogens with two attached hydrogens (primary N) is 1. The monoisotopic (exact) mass is 303 g/mol. The molecule has 0 aliphatic carbocycles. The molecule has 110 valence electrons. The maximum Gasteiger partial charge on any atom is 0.433 e. The van der Waals surface area contributed by atoms with Gasteiger partial charge in [0.1, 0.15) is 16.5 Å². The minimum absolute atomic E-state index is 0.0592. The summed E-state index contributed by atoms with van der Waals surface area (Å²) in [6.45, 7) is 4.60. The molecule has 7 heteroatoms. The molecule has 1 aliphatic rings. The van der Waals surface area contributed by atoms with Crippen molar-refractivity contribution in [2.45, 2.75) is 38.4 Å². The summed E-state index contributed by atoms with van der Waals surface area (Å²) in [6.07, 6.45) is -2.68. The highest BCUT2D eigenvalue weighted by Crippen LogP contribution is 2.36. The number of hydrogen-bond donors (Lipinski definition) is 1. The fourth-order valence-electron chi connectivity index (χ4n) is 2.50. The molecule has 0 amide bonds. The van der Waals surface area contributed by atoms with Crippen LogP contribution in [0.15, 0.2) is 12.1 Å². The van der Waals surface area contributed by atoms with Crippen LogP contribution in [0.3, 0.4) is 0 Å². The summed E-state index contributed by atoms with van der Waals surface area (Å²) in [5.74, 6) is 0.231. The fraction of sp³-hybridized carbons (Fsp3) is 0.538. The number of thiocarbonyl (C=S) groups is 1. The highest BCUT2D eigenvalue weighted by molar-refractivity contribution is 7.80. The van der Waals surface area contributed by atoms with Crippen LogP contribution < -0.4 is 10.6 Å². The van der Waals surface area contributed by atoms with Crippen molar-refractivity contribution in [1.29, 1.82) is 0 Å². The second-order valence-electron chi connectivity index (χ2n) is 5.50. The summed E-state index contributed by atoms with van der Waals surface area (Å²) in [4.78, 5) is 5.69. The number of aromatic nitrogens is 1. The van der Waals surface area contributed by atoms with Crippen LogP contribution in [0.25, 0.3) is 0 Å². The summed E-state index contributed by atoms with van der Waals surface area (Å²) < 4.78 is 38.5. The lowest BCUT2D eigenvalue weighted by Crippen LogP contribution is -2.40. The van der Waals surface area contributed by atoms with Crippen molar-refractivity contribution >= 4 is 23.0 Å². The van der Waals surface area contributed by atoms with Gasteiger partial charge in [-0.3, -0.25) is 0 Å². The van der Waals surface area contributed by atoms with Crippen LogP contribution >= 0.6 is 12.2 Å². The highest BCUT2D eigenvalue weighted by atomic mass is 32.1. The maximum absolute atomic E-state index is 12.8. The predicted octanol–water partition coefficient (Wildman–Crippen LogP) is 3.11. The van der Waals surface area contributed by atoms with E-state index in [1.165, 1.54) is 6.07 Å². The number of rotatable bonds is 2. The normalized spacial score (nSPS) is 18.4. The van der Waals surface area contributed by atoms with E-state index in [-0.39, 0.29) is 16.3 Å². The molecular formula is C13H16F3N3S. The van der Waals surface area contributed by atoms with Gasteiger partial charge >= 0.3 is 6.18 Å². The van der Waals surface area contributed by atoms with Gasteiger partial charge in [-0.25, -0.2) is 4.98 Å². The van der Waals surface area contributed by atoms with Gasteiger partial charge in [-0.15, -0.1) is 0 Å². The second-order valence-corrected chi connectivity index (χ2v) is 5.94. The lowest BCUT2D eigenvalue weighted by molar-refractivity contribution is -0.141. The summed E-state index contributed by atoms with van der Waals surface area (Å²) in [5, 5.41) is 0. The van der Waals surface area contributed by atoms with E-state index in [0.717, 1.165) is 18.9 Å². The van der Waals surface area contributed by atoms with E-state index >= 15 is 0 Å². The Balaban J connectivity index is 2.56. The Morgan fingerprint density at radius 1 is 1.40 bits per heavy atom. The fourth-order valence-corrected chi connectivity index (χ4v) is 2.66. The number of hydrogen-bond acceptors (Lipinski definition) is 3. The molecule has 0 spiro atoms. The van der Waals surface area contributed by atoms with E-state index in [1.807, 2.05) is 18.7 Å². The van der Waals surface area contributed by atoms with Crippen molar-refractivity contribution in [2.75, 3.05) is 11.4 Å². The van der Waals surface area contributed by atoms with E-state index in [4.69, 9.17) is 18.0 Å². The zero-order valence-corrected chi connectivity index (χ0v) is 12.1. The van der Waals surface area contributed by atoms with Crippen LogP contribution in [0.5, 0.6) is 0 Å². The van der Waals surface area contributed by atoms with Gasteiger partial charge in [-0.2, -0.15) is 13.2 Å². The number of alkyl halides is 3. The molecule has 0 aromatic carbocycles. The van der Waals surface area contributed by atoms with Crippen LogP contribution in [0.4, 0.5) is 19.0 Å². The molecule has 2 rings (SSSR count). The van der Waals surface area contributed by atoms with Crippen molar-refractivity contribution in [2.24, 2.45) is 5.73 Å². The zero-order chi connectivity index (χ0) is 15.1. The van der Waals surface area contributed by atoms with Crippen LogP contribution in [0, 0.1) is 0 Å². The number of pyridine rings is 1. The quantitative estimate of drug-likeness (QED) is 0.853. The molecule has 20 heavy (non-hydrogen) atoms. The van der Waals surface area contributed by atoms with Crippen LogP contribution in [-0.2, 0) is 6.18 Å².